The molecule has 19 heavy (non-hydrogen) atoms. The fourth-order valence-corrected chi connectivity index (χ4v) is 1.70. The Hall–Kier alpha value is -2.03. The maximum atomic E-state index is 5.79. The standard InChI is InChI=1S/C16H20N2O/c1-16(2,3)19-15-6-4-13(5-7-15)12-18-14-8-10-17-11-9-14/h4-11H,12H2,1-3H3,(H,17,18). The van der Waals surface area contributed by atoms with Crippen molar-refractivity contribution < 1.29 is 4.74 Å². The van der Waals surface area contributed by atoms with E-state index in [1.165, 1.54) is 5.56 Å². The van der Waals surface area contributed by atoms with Gasteiger partial charge in [-0.2, -0.15) is 0 Å². The third kappa shape index (κ3) is 4.62. The molecule has 0 fully saturated rings. The number of aromatic nitrogens is 1. The molecular formula is C16H20N2O. The zero-order chi connectivity index (χ0) is 13.7. The molecule has 0 atom stereocenters. The second-order valence-electron chi connectivity index (χ2n) is 5.45. The summed E-state index contributed by atoms with van der Waals surface area (Å²) in [6, 6.07) is 12.1. The highest BCUT2D eigenvalue weighted by molar-refractivity contribution is 5.42. The molecule has 0 radical (unpaired) electrons. The predicted molar refractivity (Wildman–Crippen MR) is 78.4 cm³/mol. The van der Waals surface area contributed by atoms with Gasteiger partial charge in [-0.25, -0.2) is 0 Å². The summed E-state index contributed by atoms with van der Waals surface area (Å²) >= 11 is 0. The predicted octanol–water partition coefficient (Wildman–Crippen LogP) is 3.87. The lowest BCUT2D eigenvalue weighted by atomic mass is 10.1. The second kappa shape index (κ2) is 5.74. The molecule has 0 unspecified atom stereocenters. The summed E-state index contributed by atoms with van der Waals surface area (Å²) in [4.78, 5) is 3.99. The Morgan fingerprint density at radius 1 is 1.00 bits per heavy atom. The average Bonchev–Trinajstić information content (AvgIpc) is 2.37. The Kier molecular flexibility index (Phi) is 4.05. The number of hydrogen-bond acceptors (Lipinski definition) is 3. The number of ether oxygens (including phenoxy) is 1. The van der Waals surface area contributed by atoms with Gasteiger partial charge in [0.1, 0.15) is 11.4 Å². The summed E-state index contributed by atoms with van der Waals surface area (Å²) in [5.74, 6) is 0.903. The van der Waals surface area contributed by atoms with E-state index in [2.05, 4.69) is 22.4 Å². The van der Waals surface area contributed by atoms with Crippen LogP contribution in [0.25, 0.3) is 0 Å². The van der Waals surface area contributed by atoms with Gasteiger partial charge in [-0.15, -0.1) is 0 Å². The van der Waals surface area contributed by atoms with Gasteiger partial charge in [-0.3, -0.25) is 4.98 Å². The van der Waals surface area contributed by atoms with Crippen LogP contribution in [0, 0.1) is 0 Å². The SMILES string of the molecule is CC(C)(C)Oc1ccc(CNc2ccncc2)cc1. The number of hydrogen-bond donors (Lipinski definition) is 1. The lowest BCUT2D eigenvalue weighted by molar-refractivity contribution is 0.131. The third-order valence-corrected chi connectivity index (χ3v) is 2.52. The van der Waals surface area contributed by atoms with E-state index in [1.807, 2.05) is 45.0 Å². The van der Waals surface area contributed by atoms with Gasteiger partial charge >= 0.3 is 0 Å². The van der Waals surface area contributed by atoms with Crippen molar-refractivity contribution in [3.05, 3.63) is 54.4 Å². The minimum Gasteiger partial charge on any atom is -0.488 e. The van der Waals surface area contributed by atoms with E-state index in [1.54, 1.807) is 12.4 Å². The molecule has 0 bridgehead atoms. The molecule has 0 amide bonds. The molecule has 0 aliphatic rings. The topological polar surface area (TPSA) is 34.1 Å². The summed E-state index contributed by atoms with van der Waals surface area (Å²) in [7, 11) is 0. The normalized spacial score (nSPS) is 11.1. The number of benzene rings is 1. The van der Waals surface area contributed by atoms with Crippen LogP contribution in [-0.4, -0.2) is 10.6 Å². The van der Waals surface area contributed by atoms with E-state index in [0.717, 1.165) is 18.0 Å². The molecule has 3 nitrogen and oxygen atoms in total. The van der Waals surface area contributed by atoms with Gasteiger partial charge in [0.2, 0.25) is 0 Å². The minimum absolute atomic E-state index is 0.156. The van der Waals surface area contributed by atoms with Crippen LogP contribution in [-0.2, 0) is 6.54 Å². The van der Waals surface area contributed by atoms with E-state index in [4.69, 9.17) is 4.74 Å². The number of nitrogens with zero attached hydrogens (tertiary/aromatic N) is 1. The molecule has 1 aromatic heterocycles. The first-order valence-electron chi connectivity index (χ1n) is 6.45. The lowest BCUT2D eigenvalue weighted by Crippen LogP contribution is -2.22. The maximum Gasteiger partial charge on any atom is 0.120 e. The van der Waals surface area contributed by atoms with Crippen molar-refractivity contribution >= 4 is 5.69 Å². The smallest absolute Gasteiger partial charge is 0.120 e. The van der Waals surface area contributed by atoms with Crippen LogP contribution in [0.1, 0.15) is 26.3 Å². The summed E-state index contributed by atoms with van der Waals surface area (Å²) < 4.78 is 5.79. The van der Waals surface area contributed by atoms with Gasteiger partial charge in [0, 0.05) is 24.6 Å². The Bertz CT molecular complexity index is 501. The zero-order valence-corrected chi connectivity index (χ0v) is 11.7. The van der Waals surface area contributed by atoms with Crippen molar-refractivity contribution in [2.24, 2.45) is 0 Å². The highest BCUT2D eigenvalue weighted by atomic mass is 16.5. The van der Waals surface area contributed by atoms with Gasteiger partial charge < -0.3 is 10.1 Å². The molecule has 3 heteroatoms. The Balaban J connectivity index is 1.92. The summed E-state index contributed by atoms with van der Waals surface area (Å²) in [6.07, 6.45) is 3.56. The lowest BCUT2D eigenvalue weighted by Gasteiger charge is -2.21. The highest BCUT2D eigenvalue weighted by Gasteiger charge is 2.11. The molecule has 1 heterocycles. The monoisotopic (exact) mass is 256 g/mol. The fourth-order valence-electron chi connectivity index (χ4n) is 1.70. The summed E-state index contributed by atoms with van der Waals surface area (Å²) in [6.45, 7) is 6.93. The largest absolute Gasteiger partial charge is 0.488 e. The van der Waals surface area contributed by atoms with Crippen molar-refractivity contribution in [3.63, 3.8) is 0 Å². The van der Waals surface area contributed by atoms with E-state index in [0.29, 0.717) is 0 Å². The van der Waals surface area contributed by atoms with Crippen molar-refractivity contribution in [2.45, 2.75) is 32.9 Å². The number of anilines is 1. The maximum absolute atomic E-state index is 5.79. The van der Waals surface area contributed by atoms with Crippen molar-refractivity contribution in [1.82, 2.24) is 4.98 Å². The third-order valence-electron chi connectivity index (χ3n) is 2.52. The van der Waals surface area contributed by atoms with E-state index in [-0.39, 0.29) is 5.60 Å². The van der Waals surface area contributed by atoms with Crippen molar-refractivity contribution in [3.8, 4) is 5.75 Å². The van der Waals surface area contributed by atoms with E-state index in [9.17, 15) is 0 Å². The second-order valence-corrected chi connectivity index (χ2v) is 5.45. The fraction of sp³-hybridized carbons (Fsp3) is 0.312. The summed E-state index contributed by atoms with van der Waals surface area (Å²) in [5, 5.41) is 3.35. The van der Waals surface area contributed by atoms with Crippen LogP contribution < -0.4 is 10.1 Å². The molecule has 1 aromatic carbocycles. The van der Waals surface area contributed by atoms with Gasteiger partial charge in [0.25, 0.3) is 0 Å². The molecule has 0 spiro atoms. The van der Waals surface area contributed by atoms with Crippen LogP contribution in [0.5, 0.6) is 5.75 Å². The molecule has 0 saturated heterocycles. The first-order valence-corrected chi connectivity index (χ1v) is 6.45. The Morgan fingerprint density at radius 3 is 2.21 bits per heavy atom. The molecule has 2 aromatic rings. The van der Waals surface area contributed by atoms with Crippen LogP contribution in [0.2, 0.25) is 0 Å². The van der Waals surface area contributed by atoms with Crippen molar-refractivity contribution in [2.75, 3.05) is 5.32 Å². The molecule has 0 saturated carbocycles. The Labute approximate surface area is 114 Å². The summed E-state index contributed by atoms with van der Waals surface area (Å²) in [5.41, 5.74) is 2.14. The van der Waals surface area contributed by atoms with Gasteiger partial charge in [0.15, 0.2) is 0 Å². The quantitative estimate of drug-likeness (QED) is 0.901. The number of nitrogens with one attached hydrogen (secondary N) is 1. The van der Waals surface area contributed by atoms with Crippen LogP contribution in [0.3, 0.4) is 0 Å². The van der Waals surface area contributed by atoms with Crippen molar-refractivity contribution in [1.29, 1.82) is 0 Å². The Morgan fingerprint density at radius 2 is 1.63 bits per heavy atom. The molecule has 2 rings (SSSR count). The van der Waals surface area contributed by atoms with Gasteiger partial charge in [-0.1, -0.05) is 12.1 Å². The van der Waals surface area contributed by atoms with Gasteiger partial charge in [0.05, 0.1) is 0 Å². The zero-order valence-electron chi connectivity index (χ0n) is 11.7. The number of rotatable bonds is 4. The van der Waals surface area contributed by atoms with Crippen LogP contribution in [0.15, 0.2) is 48.8 Å². The average molecular weight is 256 g/mol. The molecule has 0 aliphatic heterocycles. The molecular weight excluding hydrogens is 236 g/mol. The molecule has 100 valence electrons. The highest BCUT2D eigenvalue weighted by Crippen LogP contribution is 2.19. The van der Waals surface area contributed by atoms with Crippen LogP contribution in [0.4, 0.5) is 5.69 Å². The first kappa shape index (κ1) is 13.4. The van der Waals surface area contributed by atoms with Gasteiger partial charge in [-0.05, 0) is 50.6 Å². The van der Waals surface area contributed by atoms with E-state index >= 15 is 0 Å². The number of pyridine rings is 1. The first-order chi connectivity index (χ1) is 9.03. The molecule has 0 aliphatic carbocycles. The minimum atomic E-state index is -0.156. The van der Waals surface area contributed by atoms with Crippen LogP contribution >= 0.6 is 0 Å². The molecule has 1 N–H and O–H groups in total. The van der Waals surface area contributed by atoms with E-state index < -0.39 is 0 Å².